The normalized spacial score (nSPS) is 10.8. The summed E-state index contributed by atoms with van der Waals surface area (Å²) in [6.07, 6.45) is 3.07. The monoisotopic (exact) mass is 177 g/mol. The Morgan fingerprint density at radius 2 is 2.46 bits per heavy atom. The van der Waals surface area contributed by atoms with Gasteiger partial charge in [-0.1, -0.05) is 6.92 Å². The molecule has 0 fully saturated rings. The van der Waals surface area contributed by atoms with E-state index in [4.69, 9.17) is 4.42 Å². The highest BCUT2D eigenvalue weighted by atomic mass is 16.3. The van der Waals surface area contributed by atoms with E-state index < -0.39 is 0 Å². The lowest BCUT2D eigenvalue weighted by atomic mass is 10.2. The van der Waals surface area contributed by atoms with Crippen molar-refractivity contribution >= 4 is 16.9 Å². The van der Waals surface area contributed by atoms with Crippen molar-refractivity contribution in [2.45, 2.75) is 19.8 Å². The largest absolute Gasteiger partial charge is 0.463 e. The maximum Gasteiger partial charge on any atom is 0.179 e. The van der Waals surface area contributed by atoms with Crippen LogP contribution in [0.3, 0.4) is 0 Å². The second-order valence-electron chi connectivity index (χ2n) is 3.05. The van der Waals surface area contributed by atoms with Crippen molar-refractivity contribution in [3.63, 3.8) is 0 Å². The van der Waals surface area contributed by atoms with Gasteiger partial charge < -0.3 is 9.40 Å². The molecular weight excluding hydrogens is 166 g/mol. The van der Waals surface area contributed by atoms with E-state index in [-0.39, 0.29) is 5.78 Å². The number of aromatic nitrogens is 1. The SMILES string of the molecule is CCCC(=O)c1cc2occc2[nH]1. The molecule has 0 aliphatic carbocycles. The van der Waals surface area contributed by atoms with Crippen LogP contribution in [-0.2, 0) is 0 Å². The molecular formula is C10H11NO2. The Kier molecular flexibility index (Phi) is 1.93. The summed E-state index contributed by atoms with van der Waals surface area (Å²) in [7, 11) is 0. The van der Waals surface area contributed by atoms with Crippen LogP contribution in [0.5, 0.6) is 0 Å². The number of ketones is 1. The van der Waals surface area contributed by atoms with Gasteiger partial charge in [0, 0.05) is 18.6 Å². The van der Waals surface area contributed by atoms with Gasteiger partial charge in [-0.3, -0.25) is 4.79 Å². The summed E-state index contributed by atoms with van der Waals surface area (Å²) in [6.45, 7) is 1.99. The van der Waals surface area contributed by atoms with Gasteiger partial charge in [-0.15, -0.1) is 0 Å². The average Bonchev–Trinajstić information content (AvgIpc) is 2.61. The van der Waals surface area contributed by atoms with Crippen molar-refractivity contribution in [3.05, 3.63) is 24.1 Å². The third-order valence-corrected chi connectivity index (χ3v) is 2.02. The van der Waals surface area contributed by atoms with Crippen LogP contribution in [0.4, 0.5) is 0 Å². The number of carbonyl (C=O) groups is 1. The van der Waals surface area contributed by atoms with Gasteiger partial charge in [0.2, 0.25) is 0 Å². The first-order valence-corrected chi connectivity index (χ1v) is 4.40. The Morgan fingerprint density at radius 1 is 1.62 bits per heavy atom. The highest BCUT2D eigenvalue weighted by molar-refractivity contribution is 5.98. The molecule has 2 heterocycles. The maximum atomic E-state index is 11.4. The predicted octanol–water partition coefficient (Wildman–Crippen LogP) is 2.74. The first-order valence-electron chi connectivity index (χ1n) is 4.40. The zero-order valence-electron chi connectivity index (χ0n) is 7.46. The number of rotatable bonds is 3. The molecule has 68 valence electrons. The quantitative estimate of drug-likeness (QED) is 0.732. The highest BCUT2D eigenvalue weighted by Gasteiger charge is 2.09. The summed E-state index contributed by atoms with van der Waals surface area (Å²) in [5.41, 5.74) is 2.29. The van der Waals surface area contributed by atoms with E-state index >= 15 is 0 Å². The van der Waals surface area contributed by atoms with E-state index in [1.54, 1.807) is 12.3 Å². The summed E-state index contributed by atoms with van der Waals surface area (Å²) in [5, 5.41) is 0. The number of hydrogen-bond acceptors (Lipinski definition) is 2. The standard InChI is InChI=1S/C10H11NO2/c1-2-3-9(12)8-6-10-7(11-8)4-5-13-10/h4-6,11H,2-3H2,1H3. The van der Waals surface area contributed by atoms with E-state index in [0.717, 1.165) is 17.5 Å². The van der Waals surface area contributed by atoms with Gasteiger partial charge in [-0.2, -0.15) is 0 Å². The molecule has 1 N–H and O–H groups in total. The highest BCUT2D eigenvalue weighted by Crippen LogP contribution is 2.17. The molecule has 0 unspecified atom stereocenters. The molecule has 0 spiro atoms. The van der Waals surface area contributed by atoms with Crippen molar-refractivity contribution in [1.29, 1.82) is 0 Å². The van der Waals surface area contributed by atoms with Crippen molar-refractivity contribution < 1.29 is 9.21 Å². The predicted molar refractivity (Wildman–Crippen MR) is 49.8 cm³/mol. The minimum atomic E-state index is 0.147. The molecule has 0 atom stereocenters. The smallest absolute Gasteiger partial charge is 0.179 e. The molecule has 0 radical (unpaired) electrons. The minimum Gasteiger partial charge on any atom is -0.463 e. The fourth-order valence-corrected chi connectivity index (χ4v) is 1.36. The number of H-pyrrole nitrogens is 1. The topological polar surface area (TPSA) is 46.0 Å². The fraction of sp³-hybridized carbons (Fsp3) is 0.300. The summed E-state index contributed by atoms with van der Waals surface area (Å²) in [6, 6.07) is 3.57. The van der Waals surface area contributed by atoms with E-state index in [1.165, 1.54) is 0 Å². The number of nitrogens with one attached hydrogen (secondary N) is 1. The Balaban J connectivity index is 2.34. The minimum absolute atomic E-state index is 0.147. The van der Waals surface area contributed by atoms with Crippen LogP contribution in [-0.4, -0.2) is 10.8 Å². The summed E-state index contributed by atoms with van der Waals surface area (Å²) >= 11 is 0. The molecule has 2 aromatic heterocycles. The lowest BCUT2D eigenvalue weighted by Crippen LogP contribution is -1.97. The molecule has 0 aromatic carbocycles. The number of carbonyl (C=O) groups excluding carboxylic acids is 1. The van der Waals surface area contributed by atoms with Crippen LogP contribution in [0.2, 0.25) is 0 Å². The van der Waals surface area contributed by atoms with E-state index in [2.05, 4.69) is 4.98 Å². The first-order chi connectivity index (χ1) is 6.31. The molecule has 0 bridgehead atoms. The molecule has 0 saturated carbocycles. The third-order valence-electron chi connectivity index (χ3n) is 2.02. The zero-order valence-corrected chi connectivity index (χ0v) is 7.46. The van der Waals surface area contributed by atoms with Gasteiger partial charge in [0.15, 0.2) is 11.4 Å². The number of hydrogen-bond donors (Lipinski definition) is 1. The van der Waals surface area contributed by atoms with Gasteiger partial charge in [0.1, 0.15) is 0 Å². The Bertz CT molecular complexity index is 396. The maximum absolute atomic E-state index is 11.4. The summed E-state index contributed by atoms with van der Waals surface area (Å²) in [4.78, 5) is 14.5. The molecule has 0 aliphatic rings. The summed E-state index contributed by atoms with van der Waals surface area (Å²) < 4.78 is 5.14. The number of Topliss-reactive ketones (excluding diaryl/α,β-unsaturated/α-hetero) is 1. The van der Waals surface area contributed by atoms with Gasteiger partial charge in [-0.05, 0) is 6.42 Å². The first kappa shape index (κ1) is 8.10. The zero-order chi connectivity index (χ0) is 9.26. The van der Waals surface area contributed by atoms with Gasteiger partial charge in [0.05, 0.1) is 17.5 Å². The number of fused-ring (bicyclic) bond motifs is 1. The molecule has 2 rings (SSSR count). The van der Waals surface area contributed by atoms with Crippen molar-refractivity contribution in [1.82, 2.24) is 4.98 Å². The molecule has 2 aromatic rings. The van der Waals surface area contributed by atoms with E-state index in [9.17, 15) is 4.79 Å². The third kappa shape index (κ3) is 1.37. The second kappa shape index (κ2) is 3.09. The van der Waals surface area contributed by atoms with Crippen LogP contribution < -0.4 is 0 Å². The Hall–Kier alpha value is -1.51. The van der Waals surface area contributed by atoms with Crippen molar-refractivity contribution in [2.75, 3.05) is 0 Å². The lowest BCUT2D eigenvalue weighted by Gasteiger charge is -1.92. The second-order valence-corrected chi connectivity index (χ2v) is 3.05. The Labute approximate surface area is 75.7 Å². The average molecular weight is 177 g/mol. The summed E-state index contributed by atoms with van der Waals surface area (Å²) in [5.74, 6) is 0.147. The number of furan rings is 1. The van der Waals surface area contributed by atoms with Gasteiger partial charge in [0.25, 0.3) is 0 Å². The molecule has 3 nitrogen and oxygen atoms in total. The van der Waals surface area contributed by atoms with Gasteiger partial charge >= 0.3 is 0 Å². The van der Waals surface area contributed by atoms with Crippen LogP contribution >= 0.6 is 0 Å². The van der Waals surface area contributed by atoms with Gasteiger partial charge in [-0.25, -0.2) is 0 Å². The molecule has 0 amide bonds. The van der Waals surface area contributed by atoms with Crippen LogP contribution in [0, 0.1) is 0 Å². The number of aromatic amines is 1. The lowest BCUT2D eigenvalue weighted by molar-refractivity contribution is 0.0977. The van der Waals surface area contributed by atoms with E-state index in [1.807, 2.05) is 13.0 Å². The molecule has 0 aliphatic heterocycles. The van der Waals surface area contributed by atoms with Crippen LogP contribution in [0.25, 0.3) is 11.1 Å². The van der Waals surface area contributed by atoms with Crippen LogP contribution in [0.1, 0.15) is 30.3 Å². The molecule has 0 saturated heterocycles. The Morgan fingerprint density at radius 3 is 3.15 bits per heavy atom. The van der Waals surface area contributed by atoms with Crippen molar-refractivity contribution in [3.8, 4) is 0 Å². The van der Waals surface area contributed by atoms with Crippen LogP contribution in [0.15, 0.2) is 22.8 Å². The molecule has 3 heteroatoms. The fourth-order valence-electron chi connectivity index (χ4n) is 1.36. The molecule has 13 heavy (non-hydrogen) atoms. The van der Waals surface area contributed by atoms with E-state index in [0.29, 0.717) is 12.1 Å². The van der Waals surface area contributed by atoms with Crippen molar-refractivity contribution in [2.24, 2.45) is 0 Å².